The van der Waals surface area contributed by atoms with Crippen LogP contribution in [-0.2, 0) is 36.7 Å². The van der Waals surface area contributed by atoms with Gasteiger partial charge in [-0.25, -0.2) is 0 Å². The third-order valence-electron chi connectivity index (χ3n) is 8.36. The molecule has 4 rings (SSSR count). The van der Waals surface area contributed by atoms with Crippen molar-refractivity contribution in [3.05, 3.63) is 131 Å². The predicted molar refractivity (Wildman–Crippen MR) is 195 cm³/mol. The lowest BCUT2D eigenvalue weighted by atomic mass is 9.93. The molecule has 0 aromatic heterocycles. The lowest BCUT2D eigenvalue weighted by molar-refractivity contribution is -0.157. The SMILES string of the molecule is COC[C@@H](NC(=O)[C@H](Cc1ccccc1)NC(=O)[C@H](CCCc1ccc(-c2ccccc2)c(C)c1)CC(=O)OC(C)(C)C)c1ccccc1. The highest BCUT2D eigenvalue weighted by Gasteiger charge is 2.30. The summed E-state index contributed by atoms with van der Waals surface area (Å²) in [5.74, 6) is -1.79. The number of ether oxygens (including phenoxy) is 2. The molecule has 0 spiro atoms. The minimum Gasteiger partial charge on any atom is -0.460 e. The Morgan fingerprint density at radius 2 is 1.39 bits per heavy atom. The molecule has 7 heteroatoms. The molecule has 0 unspecified atom stereocenters. The Morgan fingerprint density at radius 1 is 0.755 bits per heavy atom. The van der Waals surface area contributed by atoms with E-state index < -0.39 is 29.6 Å². The summed E-state index contributed by atoms with van der Waals surface area (Å²) in [5, 5.41) is 6.10. The zero-order valence-corrected chi connectivity index (χ0v) is 29.4. The van der Waals surface area contributed by atoms with Crippen LogP contribution in [0.25, 0.3) is 11.1 Å². The molecule has 258 valence electrons. The molecule has 0 bridgehead atoms. The van der Waals surface area contributed by atoms with Crippen molar-refractivity contribution >= 4 is 17.8 Å². The van der Waals surface area contributed by atoms with Gasteiger partial charge in [0.2, 0.25) is 11.8 Å². The van der Waals surface area contributed by atoms with Crippen LogP contribution in [0.15, 0.2) is 109 Å². The van der Waals surface area contributed by atoms with Gasteiger partial charge < -0.3 is 20.1 Å². The first-order valence-corrected chi connectivity index (χ1v) is 17.1. The molecular formula is C42H50N2O5. The minimum atomic E-state index is -0.868. The number of amides is 2. The van der Waals surface area contributed by atoms with Gasteiger partial charge in [-0.05, 0) is 80.3 Å². The first-order valence-electron chi connectivity index (χ1n) is 17.1. The summed E-state index contributed by atoms with van der Waals surface area (Å²) < 4.78 is 11.0. The largest absolute Gasteiger partial charge is 0.460 e. The summed E-state index contributed by atoms with van der Waals surface area (Å²) in [6, 6.07) is 34.7. The quantitative estimate of drug-likeness (QED) is 0.121. The van der Waals surface area contributed by atoms with Gasteiger partial charge in [0.05, 0.1) is 19.1 Å². The topological polar surface area (TPSA) is 93.7 Å². The van der Waals surface area contributed by atoms with Crippen LogP contribution in [-0.4, -0.2) is 43.1 Å². The van der Waals surface area contributed by atoms with Gasteiger partial charge in [-0.2, -0.15) is 0 Å². The smallest absolute Gasteiger partial charge is 0.307 e. The lowest BCUT2D eigenvalue weighted by Crippen LogP contribution is -2.51. The van der Waals surface area contributed by atoms with Crippen LogP contribution < -0.4 is 10.6 Å². The van der Waals surface area contributed by atoms with Gasteiger partial charge in [0, 0.05) is 19.4 Å². The summed E-state index contributed by atoms with van der Waals surface area (Å²) in [7, 11) is 1.59. The number of hydrogen-bond donors (Lipinski definition) is 2. The summed E-state index contributed by atoms with van der Waals surface area (Å²) in [4.78, 5) is 40.9. The van der Waals surface area contributed by atoms with Crippen LogP contribution in [0.3, 0.4) is 0 Å². The Bertz CT molecular complexity index is 1630. The molecule has 0 aliphatic heterocycles. The average molecular weight is 663 g/mol. The van der Waals surface area contributed by atoms with E-state index in [0.717, 1.165) is 17.5 Å². The fraction of sp³-hybridized carbons (Fsp3) is 0.357. The summed E-state index contributed by atoms with van der Waals surface area (Å²) in [6.07, 6.45) is 2.10. The molecule has 3 atom stereocenters. The van der Waals surface area contributed by atoms with Crippen molar-refractivity contribution in [2.75, 3.05) is 13.7 Å². The molecule has 0 saturated carbocycles. The lowest BCUT2D eigenvalue weighted by Gasteiger charge is -2.26. The van der Waals surface area contributed by atoms with Crippen LogP contribution >= 0.6 is 0 Å². The highest BCUT2D eigenvalue weighted by molar-refractivity contribution is 5.90. The van der Waals surface area contributed by atoms with Crippen molar-refractivity contribution in [1.29, 1.82) is 0 Å². The number of rotatable bonds is 16. The number of benzene rings is 4. The second-order valence-corrected chi connectivity index (χ2v) is 13.6. The molecule has 0 fully saturated rings. The van der Waals surface area contributed by atoms with E-state index in [-0.39, 0.29) is 24.8 Å². The molecule has 0 radical (unpaired) electrons. The van der Waals surface area contributed by atoms with E-state index in [1.54, 1.807) is 7.11 Å². The fourth-order valence-corrected chi connectivity index (χ4v) is 5.98. The van der Waals surface area contributed by atoms with E-state index in [4.69, 9.17) is 9.47 Å². The summed E-state index contributed by atoms with van der Waals surface area (Å²) in [5.41, 5.74) is 5.84. The molecule has 49 heavy (non-hydrogen) atoms. The Balaban J connectivity index is 1.50. The van der Waals surface area contributed by atoms with E-state index in [1.165, 1.54) is 22.3 Å². The van der Waals surface area contributed by atoms with E-state index in [9.17, 15) is 14.4 Å². The Labute approximate surface area is 291 Å². The molecule has 0 aliphatic rings. The zero-order valence-electron chi connectivity index (χ0n) is 29.4. The molecule has 4 aromatic carbocycles. The molecule has 2 amide bonds. The van der Waals surface area contributed by atoms with Gasteiger partial charge in [-0.3, -0.25) is 14.4 Å². The second-order valence-electron chi connectivity index (χ2n) is 13.6. The maximum Gasteiger partial charge on any atom is 0.307 e. The van der Waals surface area contributed by atoms with Gasteiger partial charge in [0.1, 0.15) is 11.6 Å². The number of aryl methyl sites for hydroxylation is 2. The standard InChI is InChI=1S/C42H50N2O5/c1-30-26-32(24-25-36(30)33-19-11-7-12-20-33)18-15-23-35(28-39(45)49-42(2,3)4)40(46)43-37(27-31-16-9-6-10-17-31)41(47)44-38(29-48-5)34-21-13-8-14-22-34/h6-14,16-17,19-22,24-26,35,37-38H,15,18,23,27-29H2,1-5H3,(H,43,46)(H,44,47)/t35-,37+,38-/m1/s1. The van der Waals surface area contributed by atoms with Gasteiger partial charge in [-0.15, -0.1) is 0 Å². The van der Waals surface area contributed by atoms with Crippen molar-refractivity contribution in [1.82, 2.24) is 10.6 Å². The van der Waals surface area contributed by atoms with Crippen LogP contribution in [0.1, 0.15) is 68.3 Å². The number of carbonyl (C=O) groups is 3. The third-order valence-corrected chi connectivity index (χ3v) is 8.36. The summed E-state index contributed by atoms with van der Waals surface area (Å²) >= 11 is 0. The maximum absolute atomic E-state index is 14.0. The Hall–Kier alpha value is -4.75. The van der Waals surface area contributed by atoms with Gasteiger partial charge in [0.25, 0.3) is 0 Å². The monoisotopic (exact) mass is 662 g/mol. The zero-order chi connectivity index (χ0) is 35.2. The van der Waals surface area contributed by atoms with E-state index >= 15 is 0 Å². The Morgan fingerprint density at radius 3 is 2.00 bits per heavy atom. The minimum absolute atomic E-state index is 0.0783. The normalized spacial score (nSPS) is 13.2. The number of carbonyl (C=O) groups excluding carboxylic acids is 3. The van der Waals surface area contributed by atoms with Crippen molar-refractivity contribution < 1.29 is 23.9 Å². The van der Waals surface area contributed by atoms with Crippen molar-refractivity contribution in [3.63, 3.8) is 0 Å². The van der Waals surface area contributed by atoms with E-state index in [2.05, 4.69) is 47.9 Å². The van der Waals surface area contributed by atoms with E-state index in [0.29, 0.717) is 19.3 Å². The molecule has 7 nitrogen and oxygen atoms in total. The van der Waals surface area contributed by atoms with Gasteiger partial charge >= 0.3 is 5.97 Å². The van der Waals surface area contributed by atoms with Crippen LogP contribution in [0, 0.1) is 12.8 Å². The number of hydrogen-bond acceptors (Lipinski definition) is 5. The van der Waals surface area contributed by atoms with Gasteiger partial charge in [0.15, 0.2) is 0 Å². The molecule has 4 aromatic rings. The second kappa shape index (κ2) is 18.1. The van der Waals surface area contributed by atoms with Crippen molar-refractivity contribution in [3.8, 4) is 11.1 Å². The summed E-state index contributed by atoms with van der Waals surface area (Å²) in [6.45, 7) is 7.81. The van der Waals surface area contributed by atoms with Crippen LogP contribution in [0.4, 0.5) is 0 Å². The molecule has 0 heterocycles. The van der Waals surface area contributed by atoms with Crippen LogP contribution in [0.5, 0.6) is 0 Å². The van der Waals surface area contributed by atoms with Crippen LogP contribution in [0.2, 0.25) is 0 Å². The number of nitrogens with one attached hydrogen (secondary N) is 2. The highest BCUT2D eigenvalue weighted by atomic mass is 16.6. The highest BCUT2D eigenvalue weighted by Crippen LogP contribution is 2.25. The number of methoxy groups -OCH3 is 1. The molecule has 2 N–H and O–H groups in total. The van der Waals surface area contributed by atoms with Gasteiger partial charge in [-0.1, -0.05) is 109 Å². The first kappa shape index (κ1) is 37.1. The fourth-order valence-electron chi connectivity index (χ4n) is 5.98. The molecular weight excluding hydrogens is 612 g/mol. The van der Waals surface area contributed by atoms with E-state index in [1.807, 2.05) is 99.6 Å². The average Bonchev–Trinajstić information content (AvgIpc) is 3.07. The molecule has 0 aliphatic carbocycles. The maximum atomic E-state index is 14.0. The Kier molecular flexibility index (Phi) is 13.7. The predicted octanol–water partition coefficient (Wildman–Crippen LogP) is 7.56. The van der Waals surface area contributed by atoms with Crippen molar-refractivity contribution in [2.45, 2.75) is 77.5 Å². The van der Waals surface area contributed by atoms with Crippen molar-refractivity contribution in [2.24, 2.45) is 5.92 Å². The molecule has 0 saturated heterocycles. The number of esters is 1. The first-order chi connectivity index (χ1) is 23.5. The third kappa shape index (κ3) is 12.0.